The fraction of sp³-hybridized carbons (Fsp3) is 0.381. The van der Waals surface area contributed by atoms with Crippen molar-refractivity contribution < 1.29 is 22.4 Å². The van der Waals surface area contributed by atoms with Gasteiger partial charge < -0.3 is 10.2 Å². The Balaban J connectivity index is 1.67. The SMILES string of the molecule is CC(C)N1CCN(c2ccc(C(=O)Nc3cc(C(F)(F)F)ccc3F)cc2)CC1. The van der Waals surface area contributed by atoms with Gasteiger partial charge in [-0.15, -0.1) is 0 Å². The maximum Gasteiger partial charge on any atom is 0.416 e. The Bertz CT molecular complexity index is 857. The first-order valence-electron chi connectivity index (χ1n) is 9.42. The molecule has 4 nitrogen and oxygen atoms in total. The lowest BCUT2D eigenvalue weighted by Crippen LogP contribution is -2.48. The van der Waals surface area contributed by atoms with E-state index in [1.807, 2.05) is 0 Å². The summed E-state index contributed by atoms with van der Waals surface area (Å²) >= 11 is 0. The minimum atomic E-state index is -4.62. The highest BCUT2D eigenvalue weighted by atomic mass is 19.4. The van der Waals surface area contributed by atoms with Gasteiger partial charge in [0.25, 0.3) is 5.91 Å². The van der Waals surface area contributed by atoms with Gasteiger partial charge in [-0.2, -0.15) is 13.2 Å². The minimum Gasteiger partial charge on any atom is -0.369 e. The van der Waals surface area contributed by atoms with Gasteiger partial charge in [0.15, 0.2) is 0 Å². The summed E-state index contributed by atoms with van der Waals surface area (Å²) in [5.41, 5.74) is -0.314. The van der Waals surface area contributed by atoms with Gasteiger partial charge in [-0.25, -0.2) is 4.39 Å². The zero-order chi connectivity index (χ0) is 21.2. The Hall–Kier alpha value is -2.61. The van der Waals surface area contributed by atoms with E-state index < -0.39 is 29.2 Å². The predicted octanol–water partition coefficient (Wildman–Crippen LogP) is 4.63. The summed E-state index contributed by atoms with van der Waals surface area (Å²) in [6, 6.07) is 9.19. The number of benzene rings is 2. The maximum atomic E-state index is 13.8. The van der Waals surface area contributed by atoms with Crippen LogP contribution in [-0.2, 0) is 6.18 Å². The van der Waals surface area contributed by atoms with Gasteiger partial charge in [-0.05, 0) is 56.3 Å². The molecule has 1 N–H and O–H groups in total. The molecule has 1 amide bonds. The molecule has 2 aromatic carbocycles. The van der Waals surface area contributed by atoms with Gasteiger partial charge in [0.05, 0.1) is 11.3 Å². The zero-order valence-electron chi connectivity index (χ0n) is 16.3. The third kappa shape index (κ3) is 5.06. The molecule has 0 aromatic heterocycles. The number of hydrogen-bond donors (Lipinski definition) is 1. The van der Waals surface area contributed by atoms with Crippen molar-refractivity contribution >= 4 is 17.3 Å². The summed E-state index contributed by atoms with van der Waals surface area (Å²) in [6.07, 6.45) is -4.62. The van der Waals surface area contributed by atoms with Crippen molar-refractivity contribution in [2.24, 2.45) is 0 Å². The number of nitrogens with zero attached hydrogens (tertiary/aromatic N) is 2. The first kappa shape index (κ1) is 21.1. The van der Waals surface area contributed by atoms with Crippen molar-refractivity contribution in [3.05, 3.63) is 59.4 Å². The molecule has 0 unspecified atom stereocenters. The fourth-order valence-corrected chi connectivity index (χ4v) is 3.31. The molecule has 0 atom stereocenters. The van der Waals surface area contributed by atoms with Gasteiger partial charge in [0.1, 0.15) is 5.82 Å². The number of carbonyl (C=O) groups is 1. The second kappa shape index (κ2) is 8.41. The van der Waals surface area contributed by atoms with Crippen molar-refractivity contribution in [2.45, 2.75) is 26.1 Å². The molecule has 29 heavy (non-hydrogen) atoms. The second-order valence-corrected chi connectivity index (χ2v) is 7.31. The lowest BCUT2D eigenvalue weighted by molar-refractivity contribution is -0.137. The monoisotopic (exact) mass is 409 g/mol. The van der Waals surface area contributed by atoms with Crippen molar-refractivity contribution in [3.63, 3.8) is 0 Å². The average Bonchev–Trinajstić information content (AvgIpc) is 2.69. The minimum absolute atomic E-state index is 0.242. The predicted molar refractivity (Wildman–Crippen MR) is 105 cm³/mol. The molecule has 1 aliphatic heterocycles. The van der Waals surface area contributed by atoms with Crippen LogP contribution in [0, 0.1) is 5.82 Å². The molecule has 1 aliphatic rings. The summed E-state index contributed by atoms with van der Waals surface area (Å²) in [5.74, 6) is -1.59. The lowest BCUT2D eigenvalue weighted by Gasteiger charge is -2.38. The number of rotatable bonds is 4. The normalized spacial score (nSPS) is 15.6. The molecule has 156 valence electrons. The van der Waals surface area contributed by atoms with Crippen LogP contribution in [0.2, 0.25) is 0 Å². The number of nitrogens with one attached hydrogen (secondary N) is 1. The van der Waals surface area contributed by atoms with E-state index in [1.54, 1.807) is 24.3 Å². The third-order valence-corrected chi connectivity index (χ3v) is 5.08. The first-order valence-corrected chi connectivity index (χ1v) is 9.42. The van der Waals surface area contributed by atoms with Gasteiger partial charge in [0, 0.05) is 43.5 Å². The van der Waals surface area contributed by atoms with Crippen LogP contribution in [0.25, 0.3) is 0 Å². The number of alkyl halides is 3. The number of carbonyl (C=O) groups excluding carboxylic acids is 1. The van der Waals surface area contributed by atoms with E-state index in [0.29, 0.717) is 24.2 Å². The average molecular weight is 409 g/mol. The van der Waals surface area contributed by atoms with Gasteiger partial charge in [-0.3, -0.25) is 9.69 Å². The fourth-order valence-electron chi connectivity index (χ4n) is 3.31. The molecule has 2 aromatic rings. The molecule has 0 radical (unpaired) electrons. The molecule has 3 rings (SSSR count). The first-order chi connectivity index (χ1) is 13.6. The molecular formula is C21H23F4N3O. The number of piperazine rings is 1. The number of hydrogen-bond acceptors (Lipinski definition) is 3. The van der Waals surface area contributed by atoms with Gasteiger partial charge >= 0.3 is 6.18 Å². The van der Waals surface area contributed by atoms with Crippen LogP contribution in [0.5, 0.6) is 0 Å². The molecule has 0 saturated carbocycles. The van der Waals surface area contributed by atoms with Crippen LogP contribution in [0.1, 0.15) is 29.8 Å². The van der Waals surface area contributed by atoms with E-state index in [0.717, 1.165) is 31.9 Å². The van der Waals surface area contributed by atoms with Crippen molar-refractivity contribution in [2.75, 3.05) is 36.4 Å². The van der Waals surface area contributed by atoms with Crippen LogP contribution in [0.4, 0.5) is 28.9 Å². The van der Waals surface area contributed by atoms with Crippen LogP contribution in [-0.4, -0.2) is 43.0 Å². The third-order valence-electron chi connectivity index (χ3n) is 5.08. The standard InChI is InChI=1S/C21H23F4N3O/c1-14(2)27-9-11-28(12-10-27)17-6-3-15(4-7-17)20(29)26-19-13-16(21(23,24)25)5-8-18(19)22/h3-8,13-14H,9-12H2,1-2H3,(H,26,29). The van der Waals surface area contributed by atoms with E-state index in [1.165, 1.54) is 0 Å². The highest BCUT2D eigenvalue weighted by molar-refractivity contribution is 6.04. The summed E-state index contributed by atoms with van der Waals surface area (Å²) in [7, 11) is 0. The lowest BCUT2D eigenvalue weighted by atomic mass is 10.1. The number of amides is 1. The van der Waals surface area contributed by atoms with E-state index in [2.05, 4.69) is 29.0 Å². The van der Waals surface area contributed by atoms with E-state index in [4.69, 9.17) is 0 Å². The second-order valence-electron chi connectivity index (χ2n) is 7.31. The number of halogens is 4. The van der Waals surface area contributed by atoms with Crippen molar-refractivity contribution in [1.82, 2.24) is 4.90 Å². The van der Waals surface area contributed by atoms with E-state index in [-0.39, 0.29) is 5.56 Å². The maximum absolute atomic E-state index is 13.8. The molecule has 1 heterocycles. The Kier molecular flexibility index (Phi) is 6.12. The highest BCUT2D eigenvalue weighted by Crippen LogP contribution is 2.32. The topological polar surface area (TPSA) is 35.6 Å². The van der Waals surface area contributed by atoms with Crippen LogP contribution >= 0.6 is 0 Å². The quantitative estimate of drug-likeness (QED) is 0.748. The van der Waals surface area contributed by atoms with Gasteiger partial charge in [-0.1, -0.05) is 0 Å². The largest absolute Gasteiger partial charge is 0.416 e. The summed E-state index contributed by atoms with van der Waals surface area (Å²) < 4.78 is 52.3. The Labute approximate surface area is 167 Å². The highest BCUT2D eigenvalue weighted by Gasteiger charge is 2.31. The molecular weight excluding hydrogens is 386 g/mol. The molecule has 1 saturated heterocycles. The molecule has 0 aliphatic carbocycles. The van der Waals surface area contributed by atoms with E-state index >= 15 is 0 Å². The van der Waals surface area contributed by atoms with Gasteiger partial charge in [0.2, 0.25) is 0 Å². The van der Waals surface area contributed by atoms with Crippen molar-refractivity contribution in [1.29, 1.82) is 0 Å². The summed E-state index contributed by atoms with van der Waals surface area (Å²) in [5, 5.41) is 2.22. The Morgan fingerprint density at radius 3 is 2.17 bits per heavy atom. The Morgan fingerprint density at radius 1 is 1.00 bits per heavy atom. The van der Waals surface area contributed by atoms with Crippen molar-refractivity contribution in [3.8, 4) is 0 Å². The van der Waals surface area contributed by atoms with E-state index in [9.17, 15) is 22.4 Å². The Morgan fingerprint density at radius 2 is 1.62 bits per heavy atom. The summed E-state index contributed by atoms with van der Waals surface area (Å²) in [4.78, 5) is 17.0. The number of anilines is 2. The molecule has 0 spiro atoms. The zero-order valence-corrected chi connectivity index (χ0v) is 16.3. The van der Waals surface area contributed by atoms with Crippen LogP contribution < -0.4 is 10.2 Å². The summed E-state index contributed by atoms with van der Waals surface area (Å²) in [6.45, 7) is 7.98. The van der Waals surface area contributed by atoms with Crippen LogP contribution in [0.15, 0.2) is 42.5 Å². The molecule has 8 heteroatoms. The molecule has 0 bridgehead atoms. The smallest absolute Gasteiger partial charge is 0.369 e. The molecule has 1 fully saturated rings. The van der Waals surface area contributed by atoms with Crippen LogP contribution in [0.3, 0.4) is 0 Å².